The first-order valence-corrected chi connectivity index (χ1v) is 2.95. The zero-order valence-electron chi connectivity index (χ0n) is 4.11. The van der Waals surface area contributed by atoms with Crippen LogP contribution < -0.4 is 0 Å². The third kappa shape index (κ3) is 0.911. The third-order valence-electron chi connectivity index (χ3n) is 0.941. The van der Waals surface area contributed by atoms with Gasteiger partial charge in [-0.05, 0) is 28.4 Å². The van der Waals surface area contributed by atoms with Gasteiger partial charge in [-0.3, -0.25) is 4.99 Å². The van der Waals surface area contributed by atoms with Gasteiger partial charge in [0, 0.05) is 10.7 Å². The summed E-state index contributed by atoms with van der Waals surface area (Å²) in [5, 5.41) is 0. The number of hydrogen-bond acceptors (Lipinski definition) is 1. The average molecular weight is 160 g/mol. The molecule has 0 fully saturated rings. The van der Waals surface area contributed by atoms with E-state index in [9.17, 15) is 0 Å². The zero-order chi connectivity index (χ0) is 5.28. The summed E-state index contributed by atoms with van der Waals surface area (Å²) < 4.78 is 1.15. The Morgan fingerprint density at radius 3 is 2.71 bits per heavy atom. The second kappa shape index (κ2) is 1.78. The van der Waals surface area contributed by atoms with Crippen molar-refractivity contribution >= 4 is 22.1 Å². The normalized spacial score (nSPS) is 19.1. The number of hydrogen-bond donors (Lipinski definition) is 0. The molecule has 1 rings (SSSR count). The van der Waals surface area contributed by atoms with E-state index < -0.39 is 0 Å². The lowest BCUT2D eigenvalue weighted by atomic mass is 10.3. The van der Waals surface area contributed by atoms with Crippen LogP contribution >= 0.6 is 15.9 Å². The van der Waals surface area contributed by atoms with E-state index in [1.54, 1.807) is 0 Å². The molecule has 1 nitrogen and oxygen atoms in total. The molecule has 7 heavy (non-hydrogen) atoms. The van der Waals surface area contributed by atoms with Crippen molar-refractivity contribution in [3.05, 3.63) is 10.1 Å². The van der Waals surface area contributed by atoms with Gasteiger partial charge >= 0.3 is 0 Å². The molecule has 1 heterocycles. The van der Waals surface area contributed by atoms with Crippen LogP contribution in [0.2, 0.25) is 0 Å². The van der Waals surface area contributed by atoms with Crippen LogP contribution in [0.25, 0.3) is 0 Å². The van der Waals surface area contributed by atoms with E-state index in [4.69, 9.17) is 0 Å². The van der Waals surface area contributed by atoms with Crippen molar-refractivity contribution in [1.29, 1.82) is 0 Å². The lowest BCUT2D eigenvalue weighted by molar-refractivity contribution is 1.18. The predicted molar refractivity (Wildman–Crippen MR) is 35.0 cm³/mol. The molecule has 0 N–H and O–H groups in total. The summed E-state index contributed by atoms with van der Waals surface area (Å²) in [7, 11) is 0. The molecule has 0 atom stereocenters. The maximum absolute atomic E-state index is 4.00. The Kier molecular flexibility index (Phi) is 1.28. The Morgan fingerprint density at radius 1 is 1.86 bits per heavy atom. The number of allylic oxidation sites excluding steroid dienone is 1. The SMILES string of the molecule is CC1=C(Br)C=NC1. The van der Waals surface area contributed by atoms with Crippen molar-refractivity contribution in [3.8, 4) is 0 Å². The standard InChI is InChI=1S/C5H6BrN/c1-4-2-7-3-5(4)6/h3H,2H2,1H3. The Morgan fingerprint density at radius 2 is 2.57 bits per heavy atom. The molecule has 0 aromatic carbocycles. The van der Waals surface area contributed by atoms with Crippen LogP contribution in [0.4, 0.5) is 0 Å². The molecule has 0 saturated carbocycles. The lowest BCUT2D eigenvalue weighted by Crippen LogP contribution is -1.73. The molecule has 0 aromatic rings. The van der Waals surface area contributed by atoms with E-state index in [1.165, 1.54) is 5.57 Å². The summed E-state index contributed by atoms with van der Waals surface area (Å²) in [6.07, 6.45) is 1.84. The number of nitrogens with zero attached hydrogens (tertiary/aromatic N) is 1. The second-order valence-electron chi connectivity index (χ2n) is 1.60. The van der Waals surface area contributed by atoms with E-state index in [1.807, 2.05) is 6.21 Å². The van der Waals surface area contributed by atoms with Crippen LogP contribution in [-0.4, -0.2) is 12.8 Å². The van der Waals surface area contributed by atoms with E-state index >= 15 is 0 Å². The lowest BCUT2D eigenvalue weighted by Gasteiger charge is -1.83. The third-order valence-corrected chi connectivity index (χ3v) is 1.82. The number of halogens is 1. The maximum atomic E-state index is 4.00. The monoisotopic (exact) mass is 159 g/mol. The highest BCUT2D eigenvalue weighted by Crippen LogP contribution is 2.13. The van der Waals surface area contributed by atoms with Gasteiger partial charge in [-0.2, -0.15) is 0 Å². The summed E-state index contributed by atoms with van der Waals surface area (Å²) in [5.41, 5.74) is 1.32. The summed E-state index contributed by atoms with van der Waals surface area (Å²) in [6.45, 7) is 2.94. The topological polar surface area (TPSA) is 12.4 Å². The van der Waals surface area contributed by atoms with Crippen molar-refractivity contribution in [3.63, 3.8) is 0 Å². The minimum absolute atomic E-state index is 0.876. The van der Waals surface area contributed by atoms with Crippen LogP contribution in [0.3, 0.4) is 0 Å². The van der Waals surface area contributed by atoms with Gasteiger partial charge in [-0.15, -0.1) is 0 Å². The smallest absolute Gasteiger partial charge is 0.0611 e. The van der Waals surface area contributed by atoms with Crippen LogP contribution in [-0.2, 0) is 0 Å². The first kappa shape index (κ1) is 5.04. The molecule has 1 aliphatic rings. The zero-order valence-corrected chi connectivity index (χ0v) is 5.70. The van der Waals surface area contributed by atoms with Gasteiger partial charge in [-0.1, -0.05) is 0 Å². The molecule has 38 valence electrons. The first-order valence-electron chi connectivity index (χ1n) is 2.16. The van der Waals surface area contributed by atoms with Crippen molar-refractivity contribution in [2.45, 2.75) is 6.92 Å². The minimum Gasteiger partial charge on any atom is -0.288 e. The van der Waals surface area contributed by atoms with E-state index in [0.717, 1.165) is 11.0 Å². The quantitative estimate of drug-likeness (QED) is 0.511. The van der Waals surface area contributed by atoms with Crippen molar-refractivity contribution in [2.75, 3.05) is 6.54 Å². The highest BCUT2D eigenvalue weighted by Gasteiger charge is 1.98. The molecule has 0 saturated heterocycles. The fourth-order valence-corrected chi connectivity index (χ4v) is 0.719. The fourth-order valence-electron chi connectivity index (χ4n) is 0.448. The molecule has 0 spiro atoms. The Balaban J connectivity index is 2.79. The van der Waals surface area contributed by atoms with E-state index in [-0.39, 0.29) is 0 Å². The Bertz CT molecular complexity index is 135. The summed E-state index contributed by atoms with van der Waals surface area (Å²) >= 11 is 3.33. The Hall–Kier alpha value is -0.110. The number of rotatable bonds is 0. The van der Waals surface area contributed by atoms with Crippen LogP contribution in [0, 0.1) is 0 Å². The summed E-state index contributed by atoms with van der Waals surface area (Å²) in [6, 6.07) is 0. The highest BCUT2D eigenvalue weighted by atomic mass is 79.9. The van der Waals surface area contributed by atoms with Gasteiger partial charge in [0.05, 0.1) is 6.54 Å². The van der Waals surface area contributed by atoms with Gasteiger partial charge in [-0.25, -0.2) is 0 Å². The second-order valence-corrected chi connectivity index (χ2v) is 2.45. The largest absolute Gasteiger partial charge is 0.288 e. The fraction of sp³-hybridized carbons (Fsp3) is 0.400. The molecule has 0 unspecified atom stereocenters. The molecule has 0 bridgehead atoms. The van der Waals surface area contributed by atoms with E-state index in [2.05, 4.69) is 27.8 Å². The highest BCUT2D eigenvalue weighted by molar-refractivity contribution is 9.12. The van der Waals surface area contributed by atoms with Gasteiger partial charge < -0.3 is 0 Å². The van der Waals surface area contributed by atoms with Crippen LogP contribution in [0.15, 0.2) is 15.0 Å². The summed E-state index contributed by atoms with van der Waals surface area (Å²) in [5.74, 6) is 0. The maximum Gasteiger partial charge on any atom is 0.0611 e. The average Bonchev–Trinajstić information content (AvgIpc) is 1.91. The molecule has 0 amide bonds. The van der Waals surface area contributed by atoms with Crippen molar-refractivity contribution in [2.24, 2.45) is 4.99 Å². The minimum atomic E-state index is 0.876. The predicted octanol–water partition coefficient (Wildman–Crippen LogP) is 1.74. The van der Waals surface area contributed by atoms with Crippen molar-refractivity contribution < 1.29 is 0 Å². The van der Waals surface area contributed by atoms with E-state index in [0.29, 0.717) is 0 Å². The van der Waals surface area contributed by atoms with Gasteiger partial charge in [0.15, 0.2) is 0 Å². The first-order chi connectivity index (χ1) is 3.30. The van der Waals surface area contributed by atoms with Crippen molar-refractivity contribution in [1.82, 2.24) is 0 Å². The van der Waals surface area contributed by atoms with Gasteiger partial charge in [0.1, 0.15) is 0 Å². The molecule has 0 radical (unpaired) electrons. The molecular formula is C5H6BrN. The van der Waals surface area contributed by atoms with Gasteiger partial charge in [0.2, 0.25) is 0 Å². The van der Waals surface area contributed by atoms with Crippen LogP contribution in [0.5, 0.6) is 0 Å². The molecule has 0 aromatic heterocycles. The number of aliphatic imine (C=N–C) groups is 1. The molecular weight excluding hydrogens is 154 g/mol. The van der Waals surface area contributed by atoms with Gasteiger partial charge in [0.25, 0.3) is 0 Å². The molecule has 0 aliphatic carbocycles. The summed E-state index contributed by atoms with van der Waals surface area (Å²) in [4.78, 5) is 4.00. The van der Waals surface area contributed by atoms with Crippen LogP contribution in [0.1, 0.15) is 6.92 Å². The molecule has 1 aliphatic heterocycles. The molecule has 2 heteroatoms. The Labute approximate surface area is 51.3 Å².